The molecule has 4 aromatic rings. The van der Waals surface area contributed by atoms with Crippen molar-refractivity contribution in [1.82, 2.24) is 14.1 Å². The van der Waals surface area contributed by atoms with Gasteiger partial charge < -0.3 is 15.2 Å². The van der Waals surface area contributed by atoms with Crippen LogP contribution in [0.1, 0.15) is 37.8 Å². The van der Waals surface area contributed by atoms with Crippen molar-refractivity contribution in [3.63, 3.8) is 0 Å². The smallest absolute Gasteiger partial charge is 0.230 e. The first kappa shape index (κ1) is 22.3. The first-order chi connectivity index (χ1) is 17.3. The lowest BCUT2D eigenvalue weighted by Crippen LogP contribution is -2.37. The molecule has 1 amide bonds. The number of nitrogens with zero attached hydrogens (tertiary/aromatic N) is 5. The van der Waals surface area contributed by atoms with E-state index in [1.807, 2.05) is 61.5 Å². The molecule has 7 heteroatoms. The number of amides is 1. The van der Waals surface area contributed by atoms with E-state index in [2.05, 4.69) is 44.6 Å². The van der Waals surface area contributed by atoms with E-state index in [1.54, 1.807) is 0 Å². The molecule has 7 nitrogen and oxygen atoms in total. The minimum atomic E-state index is -0.362. The summed E-state index contributed by atoms with van der Waals surface area (Å²) in [7, 11) is 0. The fraction of sp³-hybridized carbons (Fsp3) is 0.276. The summed E-state index contributed by atoms with van der Waals surface area (Å²) in [5.74, 6) is 1.01. The Morgan fingerprint density at radius 1 is 1.14 bits per heavy atom. The number of carbonyl (C=O) groups is 1. The highest BCUT2D eigenvalue weighted by atomic mass is 16.2. The lowest BCUT2D eigenvalue weighted by Gasteiger charge is -2.23. The van der Waals surface area contributed by atoms with Gasteiger partial charge in [-0.15, -0.1) is 0 Å². The molecular formula is C29H28N6O. The van der Waals surface area contributed by atoms with Gasteiger partial charge in [-0.2, -0.15) is 5.26 Å². The molecule has 36 heavy (non-hydrogen) atoms. The minimum absolute atomic E-state index is 0.0323. The van der Waals surface area contributed by atoms with E-state index in [4.69, 9.17) is 11.0 Å². The third-order valence-electron chi connectivity index (χ3n) is 7.18. The van der Waals surface area contributed by atoms with Crippen LogP contribution in [0.2, 0.25) is 0 Å². The van der Waals surface area contributed by atoms with E-state index < -0.39 is 0 Å². The van der Waals surface area contributed by atoms with Gasteiger partial charge in [0.25, 0.3) is 0 Å². The maximum atomic E-state index is 13.2. The molecule has 1 saturated heterocycles. The number of nitriles is 1. The topological polar surface area (TPSA) is 92.9 Å². The average molecular weight is 477 g/mol. The van der Waals surface area contributed by atoms with E-state index in [0.717, 1.165) is 46.0 Å². The molecular weight excluding hydrogens is 448 g/mol. The zero-order valence-corrected chi connectivity index (χ0v) is 20.5. The lowest BCUT2D eigenvalue weighted by atomic mass is 9.90. The van der Waals surface area contributed by atoms with Crippen LogP contribution in [0.3, 0.4) is 0 Å². The molecule has 0 aliphatic carbocycles. The quantitative estimate of drug-likeness (QED) is 0.406. The van der Waals surface area contributed by atoms with Crippen LogP contribution < -0.4 is 10.6 Å². The Kier molecular flexibility index (Phi) is 5.09. The fourth-order valence-electron chi connectivity index (χ4n) is 5.52. The van der Waals surface area contributed by atoms with Gasteiger partial charge in [-0.05, 0) is 74.2 Å². The number of hydrogen-bond acceptors (Lipinski definition) is 4. The van der Waals surface area contributed by atoms with Crippen molar-refractivity contribution in [2.75, 3.05) is 11.4 Å². The van der Waals surface area contributed by atoms with Crippen molar-refractivity contribution in [1.29, 1.82) is 5.26 Å². The molecule has 6 rings (SSSR count). The van der Waals surface area contributed by atoms with E-state index in [-0.39, 0.29) is 17.4 Å². The number of imidazole rings is 1. The van der Waals surface area contributed by atoms with Crippen LogP contribution in [0, 0.1) is 17.2 Å². The molecule has 180 valence electrons. The van der Waals surface area contributed by atoms with Crippen LogP contribution in [0.25, 0.3) is 28.3 Å². The molecule has 2 aliphatic rings. The Labute approximate surface area is 210 Å². The van der Waals surface area contributed by atoms with Gasteiger partial charge in [0.05, 0.1) is 23.0 Å². The second-order valence-corrected chi connectivity index (χ2v) is 10.5. The molecule has 2 aromatic carbocycles. The van der Waals surface area contributed by atoms with Crippen molar-refractivity contribution in [3.05, 3.63) is 78.2 Å². The SMILES string of the molecule is CC(C)(N)CC1CCN(c2ccc3c(c2)Cn2cc(-c4ccc(C#N)cc4)cc2-c2nccn2-3)C1=O. The molecule has 0 radical (unpaired) electrons. The third-order valence-corrected chi connectivity index (χ3v) is 7.18. The molecule has 0 saturated carbocycles. The third kappa shape index (κ3) is 3.80. The summed E-state index contributed by atoms with van der Waals surface area (Å²) in [6, 6.07) is 18.2. The summed E-state index contributed by atoms with van der Waals surface area (Å²) in [5, 5.41) is 9.13. The number of fused-ring (bicyclic) bond motifs is 5. The molecule has 2 aliphatic heterocycles. The van der Waals surface area contributed by atoms with Crippen LogP contribution in [0.15, 0.2) is 67.1 Å². The van der Waals surface area contributed by atoms with Gasteiger partial charge in [-0.1, -0.05) is 12.1 Å². The summed E-state index contributed by atoms with van der Waals surface area (Å²) >= 11 is 0. The summed E-state index contributed by atoms with van der Waals surface area (Å²) in [4.78, 5) is 19.8. The number of carbonyl (C=O) groups excluding carboxylic acids is 1. The van der Waals surface area contributed by atoms with Crippen molar-refractivity contribution >= 4 is 11.6 Å². The number of anilines is 1. The zero-order valence-electron chi connectivity index (χ0n) is 20.5. The highest BCUT2D eigenvalue weighted by molar-refractivity contribution is 5.97. The number of aromatic nitrogens is 3. The van der Waals surface area contributed by atoms with E-state index in [1.165, 1.54) is 0 Å². The highest BCUT2D eigenvalue weighted by Gasteiger charge is 2.35. The highest BCUT2D eigenvalue weighted by Crippen LogP contribution is 2.37. The minimum Gasteiger partial charge on any atom is -0.340 e. The fourth-order valence-corrected chi connectivity index (χ4v) is 5.52. The molecule has 2 aromatic heterocycles. The Bertz CT molecular complexity index is 1510. The molecule has 1 atom stereocenters. The second kappa shape index (κ2) is 8.21. The summed E-state index contributed by atoms with van der Waals surface area (Å²) in [6.07, 6.45) is 7.46. The lowest BCUT2D eigenvalue weighted by molar-refractivity contribution is -0.120. The predicted octanol–water partition coefficient (Wildman–Crippen LogP) is 4.72. The van der Waals surface area contributed by atoms with Crippen LogP contribution in [-0.2, 0) is 11.3 Å². The van der Waals surface area contributed by atoms with Crippen LogP contribution in [0.4, 0.5) is 5.69 Å². The molecule has 1 unspecified atom stereocenters. The van der Waals surface area contributed by atoms with Crippen LogP contribution in [-0.4, -0.2) is 32.1 Å². The van der Waals surface area contributed by atoms with Crippen molar-refractivity contribution in [2.24, 2.45) is 11.7 Å². The molecule has 1 fully saturated rings. The van der Waals surface area contributed by atoms with Gasteiger partial charge in [0.2, 0.25) is 5.91 Å². The van der Waals surface area contributed by atoms with Crippen LogP contribution >= 0.6 is 0 Å². The first-order valence-electron chi connectivity index (χ1n) is 12.3. The summed E-state index contributed by atoms with van der Waals surface area (Å²) in [5.41, 5.74) is 12.8. The van der Waals surface area contributed by atoms with Gasteiger partial charge in [0, 0.05) is 54.4 Å². The number of rotatable bonds is 4. The summed E-state index contributed by atoms with van der Waals surface area (Å²) < 4.78 is 4.33. The molecule has 0 spiro atoms. The standard InChI is InChI=1S/C29H28N6O/c1-29(2,31)15-21-9-11-34(28(21)36)24-7-8-25-23(13-24)18-33-17-22(20-5-3-19(16-30)4-6-20)14-26(33)27-32-10-12-35(25)27/h3-8,10,12-14,17,21H,9,11,15,18,31H2,1-2H3. The maximum Gasteiger partial charge on any atom is 0.230 e. The van der Waals surface area contributed by atoms with Gasteiger partial charge in [-0.3, -0.25) is 9.36 Å². The average Bonchev–Trinajstić information content (AvgIpc) is 3.56. The number of nitrogens with two attached hydrogens (primary N) is 1. The van der Waals surface area contributed by atoms with E-state index >= 15 is 0 Å². The monoisotopic (exact) mass is 476 g/mol. The van der Waals surface area contributed by atoms with Gasteiger partial charge in [-0.25, -0.2) is 4.98 Å². The zero-order chi connectivity index (χ0) is 25.0. The summed E-state index contributed by atoms with van der Waals surface area (Å²) in [6.45, 7) is 5.34. The van der Waals surface area contributed by atoms with E-state index in [0.29, 0.717) is 25.1 Å². The Morgan fingerprint density at radius 3 is 2.69 bits per heavy atom. The molecule has 4 heterocycles. The van der Waals surface area contributed by atoms with Crippen LogP contribution in [0.5, 0.6) is 0 Å². The molecule has 2 N–H and O–H groups in total. The van der Waals surface area contributed by atoms with Crippen molar-refractivity contribution in [2.45, 2.75) is 38.8 Å². The predicted molar refractivity (Wildman–Crippen MR) is 140 cm³/mol. The van der Waals surface area contributed by atoms with Gasteiger partial charge >= 0.3 is 0 Å². The van der Waals surface area contributed by atoms with E-state index in [9.17, 15) is 4.79 Å². The van der Waals surface area contributed by atoms with Crippen molar-refractivity contribution in [3.8, 4) is 34.4 Å². The Balaban J connectivity index is 1.37. The Morgan fingerprint density at radius 2 is 1.94 bits per heavy atom. The van der Waals surface area contributed by atoms with Crippen molar-refractivity contribution < 1.29 is 4.79 Å². The molecule has 0 bridgehead atoms. The van der Waals surface area contributed by atoms with Gasteiger partial charge in [0.1, 0.15) is 0 Å². The normalized spacial score (nSPS) is 16.8. The van der Waals surface area contributed by atoms with Gasteiger partial charge in [0.15, 0.2) is 5.82 Å². The number of benzene rings is 2. The maximum absolute atomic E-state index is 13.2. The Hall–Kier alpha value is -4.15. The first-order valence-corrected chi connectivity index (χ1v) is 12.3. The second-order valence-electron chi connectivity index (χ2n) is 10.5. The largest absolute Gasteiger partial charge is 0.340 e. The number of hydrogen-bond donors (Lipinski definition) is 1.